The lowest BCUT2D eigenvalue weighted by atomic mass is 10.1. The molecule has 0 aliphatic heterocycles. The van der Waals surface area contributed by atoms with Gasteiger partial charge in [-0.15, -0.1) is 0 Å². The molecule has 2 aromatic carbocycles. The Hall–Kier alpha value is -1.72. The molecule has 1 N–H and O–H groups in total. The number of sulfonamides is 1. The van der Waals surface area contributed by atoms with E-state index in [0.29, 0.717) is 0 Å². The third kappa shape index (κ3) is 3.43. The van der Waals surface area contributed by atoms with Gasteiger partial charge in [0.2, 0.25) is 10.0 Å². The number of nitrogens with one attached hydrogen (secondary N) is 1. The summed E-state index contributed by atoms with van der Waals surface area (Å²) >= 11 is 0. The summed E-state index contributed by atoms with van der Waals surface area (Å²) in [7, 11) is -3.62. The molecule has 2 aromatic rings. The van der Waals surface area contributed by atoms with Crippen LogP contribution < -0.4 is 4.72 Å². The van der Waals surface area contributed by atoms with Crippen molar-refractivity contribution in [3.05, 3.63) is 65.5 Å². The number of halogens is 1. The Labute approximate surface area is 118 Å². The van der Waals surface area contributed by atoms with Gasteiger partial charge in [0.25, 0.3) is 0 Å². The lowest BCUT2D eigenvalue weighted by Crippen LogP contribution is -2.23. The summed E-state index contributed by atoms with van der Waals surface area (Å²) in [6.45, 7) is 2.25. The normalized spacial score (nSPS) is 11.5. The van der Waals surface area contributed by atoms with Gasteiger partial charge >= 0.3 is 0 Å². The minimum absolute atomic E-state index is 0.0629. The van der Waals surface area contributed by atoms with Crippen molar-refractivity contribution < 1.29 is 12.8 Å². The predicted octanol–water partition coefficient (Wildman–Crippen LogP) is 2.87. The average Bonchev–Trinajstić information content (AvgIpc) is 2.46. The first-order valence-corrected chi connectivity index (χ1v) is 7.83. The predicted molar refractivity (Wildman–Crippen MR) is 76.2 cm³/mol. The van der Waals surface area contributed by atoms with Crippen LogP contribution in [0.5, 0.6) is 0 Å². The fourth-order valence-corrected chi connectivity index (χ4v) is 2.95. The van der Waals surface area contributed by atoms with Crippen molar-refractivity contribution in [3.63, 3.8) is 0 Å². The van der Waals surface area contributed by atoms with Crippen molar-refractivity contribution in [2.75, 3.05) is 0 Å². The molecule has 0 atom stereocenters. The Morgan fingerprint density at radius 1 is 1.00 bits per heavy atom. The molecule has 0 aliphatic carbocycles. The zero-order chi connectivity index (χ0) is 14.6. The number of hydrogen-bond donors (Lipinski definition) is 1. The largest absolute Gasteiger partial charge is 0.240 e. The fraction of sp³-hybridized carbons (Fsp3) is 0.200. The van der Waals surface area contributed by atoms with Gasteiger partial charge in [0, 0.05) is 6.54 Å². The highest BCUT2D eigenvalue weighted by Crippen LogP contribution is 2.13. The topological polar surface area (TPSA) is 46.2 Å². The second kappa shape index (κ2) is 6.15. The highest BCUT2D eigenvalue weighted by molar-refractivity contribution is 7.89. The second-order valence-electron chi connectivity index (χ2n) is 4.40. The van der Waals surface area contributed by atoms with E-state index >= 15 is 0 Å². The van der Waals surface area contributed by atoms with E-state index in [1.165, 1.54) is 12.1 Å². The Kier molecular flexibility index (Phi) is 4.52. The quantitative estimate of drug-likeness (QED) is 0.921. The summed E-state index contributed by atoms with van der Waals surface area (Å²) in [6.07, 6.45) is 0.842. The van der Waals surface area contributed by atoms with Crippen LogP contribution in [0.25, 0.3) is 0 Å². The molecule has 0 amide bonds. The van der Waals surface area contributed by atoms with Crippen molar-refractivity contribution >= 4 is 10.0 Å². The van der Waals surface area contributed by atoms with Crippen molar-refractivity contribution in [1.29, 1.82) is 0 Å². The van der Waals surface area contributed by atoms with Gasteiger partial charge in [-0.25, -0.2) is 17.5 Å². The molecule has 20 heavy (non-hydrogen) atoms. The van der Waals surface area contributed by atoms with E-state index in [4.69, 9.17) is 0 Å². The van der Waals surface area contributed by atoms with Crippen LogP contribution in [0.2, 0.25) is 0 Å². The van der Waals surface area contributed by atoms with Gasteiger partial charge < -0.3 is 0 Å². The maximum Gasteiger partial charge on any atom is 0.240 e. The minimum atomic E-state index is -3.62. The van der Waals surface area contributed by atoms with E-state index in [9.17, 15) is 12.8 Å². The highest BCUT2D eigenvalue weighted by Gasteiger charge is 2.14. The van der Waals surface area contributed by atoms with Gasteiger partial charge in [-0.2, -0.15) is 0 Å². The molecule has 0 bridgehead atoms. The zero-order valence-electron chi connectivity index (χ0n) is 11.1. The molecule has 0 aliphatic rings. The first-order valence-electron chi connectivity index (χ1n) is 6.35. The van der Waals surface area contributed by atoms with Crippen molar-refractivity contribution in [2.24, 2.45) is 0 Å². The maximum atomic E-state index is 12.8. The van der Waals surface area contributed by atoms with Crippen LogP contribution in [0.15, 0.2) is 53.4 Å². The second-order valence-corrected chi connectivity index (χ2v) is 6.17. The molecule has 0 fully saturated rings. The number of aryl methyl sites for hydroxylation is 1. The third-order valence-corrected chi connectivity index (χ3v) is 4.49. The van der Waals surface area contributed by atoms with E-state index in [1.54, 1.807) is 0 Å². The van der Waals surface area contributed by atoms with E-state index in [1.807, 2.05) is 31.2 Å². The molecule has 2 rings (SSSR count). The van der Waals surface area contributed by atoms with Gasteiger partial charge in [-0.1, -0.05) is 31.2 Å². The minimum Gasteiger partial charge on any atom is -0.207 e. The molecular formula is C15H16FNO2S. The summed E-state index contributed by atoms with van der Waals surface area (Å²) in [4.78, 5) is 0.0629. The summed E-state index contributed by atoms with van der Waals surface area (Å²) in [6, 6.07) is 12.4. The van der Waals surface area contributed by atoms with Crippen molar-refractivity contribution in [1.82, 2.24) is 4.72 Å². The first-order chi connectivity index (χ1) is 9.53. The monoisotopic (exact) mass is 293 g/mol. The lowest BCUT2D eigenvalue weighted by molar-refractivity contribution is 0.580. The van der Waals surface area contributed by atoms with Crippen LogP contribution in [-0.4, -0.2) is 8.42 Å². The molecule has 106 valence electrons. The van der Waals surface area contributed by atoms with Gasteiger partial charge in [0.05, 0.1) is 4.90 Å². The van der Waals surface area contributed by atoms with Crippen LogP contribution in [0.4, 0.5) is 4.39 Å². The lowest BCUT2D eigenvalue weighted by Gasteiger charge is -2.10. The Morgan fingerprint density at radius 3 is 2.20 bits per heavy atom. The number of benzene rings is 2. The molecule has 0 unspecified atom stereocenters. The molecular weight excluding hydrogens is 277 g/mol. The molecule has 0 saturated heterocycles. The SMILES string of the molecule is CCc1ccccc1CNS(=O)(=O)c1ccc(F)cc1. The van der Waals surface area contributed by atoms with Crippen LogP contribution in [0.1, 0.15) is 18.1 Å². The smallest absolute Gasteiger partial charge is 0.207 e. The number of hydrogen-bond acceptors (Lipinski definition) is 2. The molecule has 0 saturated carbocycles. The Bertz CT molecular complexity index is 681. The fourth-order valence-electron chi connectivity index (χ4n) is 1.94. The molecule has 0 aromatic heterocycles. The standard InChI is InChI=1S/C15H16FNO2S/c1-2-12-5-3-4-6-13(12)11-17-20(18,19)15-9-7-14(16)8-10-15/h3-10,17H,2,11H2,1H3. The molecule has 3 nitrogen and oxygen atoms in total. The van der Waals surface area contributed by atoms with E-state index in [2.05, 4.69) is 4.72 Å². The van der Waals surface area contributed by atoms with Crippen LogP contribution in [0.3, 0.4) is 0 Å². The maximum absolute atomic E-state index is 12.8. The third-order valence-electron chi connectivity index (χ3n) is 3.08. The summed E-state index contributed by atoms with van der Waals surface area (Å²) in [5.74, 6) is -0.458. The summed E-state index contributed by atoms with van der Waals surface area (Å²) in [5.41, 5.74) is 2.05. The highest BCUT2D eigenvalue weighted by atomic mass is 32.2. The van der Waals surface area contributed by atoms with Crippen LogP contribution in [0, 0.1) is 5.82 Å². The van der Waals surface area contributed by atoms with Crippen molar-refractivity contribution in [2.45, 2.75) is 24.8 Å². The van der Waals surface area contributed by atoms with E-state index in [0.717, 1.165) is 29.7 Å². The Balaban J connectivity index is 2.15. The van der Waals surface area contributed by atoms with Crippen LogP contribution in [-0.2, 0) is 23.0 Å². The number of rotatable bonds is 5. The zero-order valence-corrected chi connectivity index (χ0v) is 12.0. The van der Waals surface area contributed by atoms with Gasteiger partial charge in [0.15, 0.2) is 0 Å². The van der Waals surface area contributed by atoms with E-state index in [-0.39, 0.29) is 11.4 Å². The molecule has 0 radical (unpaired) electrons. The van der Waals surface area contributed by atoms with Crippen molar-refractivity contribution in [3.8, 4) is 0 Å². The average molecular weight is 293 g/mol. The molecule has 0 spiro atoms. The summed E-state index contributed by atoms with van der Waals surface area (Å²) in [5, 5.41) is 0. The molecule has 0 heterocycles. The van der Waals surface area contributed by atoms with Gasteiger partial charge in [-0.3, -0.25) is 0 Å². The summed E-state index contributed by atoms with van der Waals surface area (Å²) < 4.78 is 39.5. The van der Waals surface area contributed by atoms with Gasteiger partial charge in [-0.05, 0) is 41.8 Å². The Morgan fingerprint density at radius 2 is 1.60 bits per heavy atom. The van der Waals surface area contributed by atoms with E-state index < -0.39 is 15.8 Å². The van der Waals surface area contributed by atoms with Crippen LogP contribution >= 0.6 is 0 Å². The molecule has 5 heteroatoms. The van der Waals surface area contributed by atoms with Gasteiger partial charge in [0.1, 0.15) is 5.82 Å². The first kappa shape index (κ1) is 14.7.